The van der Waals surface area contributed by atoms with Crippen LogP contribution in [0.1, 0.15) is 19.4 Å². The normalized spacial score (nSPS) is 11.0. The van der Waals surface area contributed by atoms with E-state index in [0.29, 0.717) is 17.3 Å². The number of anilines is 1. The van der Waals surface area contributed by atoms with Gasteiger partial charge in [0.1, 0.15) is 5.75 Å². The number of carbonyl (C=O) groups is 1. The van der Waals surface area contributed by atoms with E-state index >= 15 is 0 Å². The number of nitrogens with zero attached hydrogens (tertiary/aromatic N) is 1. The molecule has 24 heavy (non-hydrogen) atoms. The van der Waals surface area contributed by atoms with Crippen LogP contribution >= 0.6 is 11.6 Å². The Labute approximate surface area is 148 Å². The quantitative estimate of drug-likeness (QED) is 0.863. The van der Waals surface area contributed by atoms with Crippen molar-refractivity contribution < 1.29 is 9.53 Å². The van der Waals surface area contributed by atoms with E-state index in [4.69, 9.17) is 16.3 Å². The van der Waals surface area contributed by atoms with Crippen molar-refractivity contribution in [3.8, 4) is 5.75 Å². The Bertz CT molecular complexity index is 680. The van der Waals surface area contributed by atoms with Crippen LogP contribution in [0.3, 0.4) is 0 Å². The van der Waals surface area contributed by atoms with E-state index in [0.717, 1.165) is 11.3 Å². The lowest BCUT2D eigenvalue weighted by atomic mass is 10.1. The zero-order valence-electron chi connectivity index (χ0n) is 14.5. The summed E-state index contributed by atoms with van der Waals surface area (Å²) in [5.41, 5.74) is 1.19. The average molecular weight is 347 g/mol. The fourth-order valence-corrected chi connectivity index (χ4v) is 2.28. The zero-order valence-corrected chi connectivity index (χ0v) is 15.2. The van der Waals surface area contributed by atoms with Gasteiger partial charge in [0, 0.05) is 31.4 Å². The molecule has 0 atom stereocenters. The molecule has 0 aliphatic carbocycles. The first-order chi connectivity index (χ1) is 11.3. The van der Waals surface area contributed by atoms with Crippen LogP contribution in [0.2, 0.25) is 5.02 Å². The molecular formula is C19H23ClN2O2. The zero-order chi connectivity index (χ0) is 17.7. The van der Waals surface area contributed by atoms with Gasteiger partial charge in [-0.3, -0.25) is 4.79 Å². The van der Waals surface area contributed by atoms with Crippen molar-refractivity contribution in [3.63, 3.8) is 0 Å². The van der Waals surface area contributed by atoms with E-state index in [1.54, 1.807) is 38.1 Å². The lowest BCUT2D eigenvalue weighted by Crippen LogP contribution is -2.46. The molecular weight excluding hydrogens is 324 g/mol. The van der Waals surface area contributed by atoms with Crippen molar-refractivity contribution in [2.24, 2.45) is 0 Å². The van der Waals surface area contributed by atoms with Gasteiger partial charge in [-0.15, -0.1) is 0 Å². The van der Waals surface area contributed by atoms with Gasteiger partial charge in [-0.2, -0.15) is 0 Å². The van der Waals surface area contributed by atoms with Crippen molar-refractivity contribution in [1.29, 1.82) is 0 Å². The maximum absolute atomic E-state index is 12.4. The topological polar surface area (TPSA) is 41.6 Å². The van der Waals surface area contributed by atoms with Crippen LogP contribution in [-0.4, -0.2) is 25.6 Å². The van der Waals surface area contributed by atoms with E-state index < -0.39 is 5.60 Å². The van der Waals surface area contributed by atoms with Crippen LogP contribution in [0.15, 0.2) is 48.5 Å². The van der Waals surface area contributed by atoms with Crippen molar-refractivity contribution in [2.45, 2.75) is 26.0 Å². The molecule has 5 heteroatoms. The van der Waals surface area contributed by atoms with E-state index in [1.807, 2.05) is 43.3 Å². The lowest BCUT2D eigenvalue weighted by molar-refractivity contribution is -0.134. The molecule has 0 bridgehead atoms. The minimum atomic E-state index is -0.975. The number of rotatable bonds is 6. The van der Waals surface area contributed by atoms with Gasteiger partial charge in [0.05, 0.1) is 0 Å². The number of benzene rings is 2. The SMILES string of the molecule is CN(C)c1ccc(CNC(=O)C(C)(C)Oc2ccc(Cl)cc2)cc1. The molecule has 0 heterocycles. The van der Waals surface area contributed by atoms with Crippen molar-refractivity contribution in [1.82, 2.24) is 5.32 Å². The molecule has 128 valence electrons. The highest BCUT2D eigenvalue weighted by atomic mass is 35.5. The van der Waals surface area contributed by atoms with Gasteiger partial charge in [-0.25, -0.2) is 0 Å². The second-order valence-electron chi connectivity index (χ2n) is 6.31. The van der Waals surface area contributed by atoms with Crippen LogP contribution in [0, 0.1) is 0 Å². The number of amides is 1. The number of ether oxygens (including phenoxy) is 1. The second kappa shape index (κ2) is 7.58. The Morgan fingerprint density at radius 3 is 2.21 bits per heavy atom. The minimum absolute atomic E-state index is 0.172. The van der Waals surface area contributed by atoms with Crippen molar-refractivity contribution >= 4 is 23.2 Å². The minimum Gasteiger partial charge on any atom is -0.478 e. The largest absolute Gasteiger partial charge is 0.478 e. The third-order valence-electron chi connectivity index (χ3n) is 3.64. The predicted octanol–water partition coefficient (Wildman–Crippen LogP) is 3.88. The van der Waals surface area contributed by atoms with Gasteiger partial charge in [-0.05, 0) is 55.8 Å². The summed E-state index contributed by atoms with van der Waals surface area (Å²) in [6.45, 7) is 3.94. The average Bonchev–Trinajstić information content (AvgIpc) is 2.55. The monoisotopic (exact) mass is 346 g/mol. The number of halogens is 1. The van der Waals surface area contributed by atoms with Crippen LogP contribution in [0.4, 0.5) is 5.69 Å². The predicted molar refractivity (Wildman–Crippen MR) is 98.8 cm³/mol. The lowest BCUT2D eigenvalue weighted by Gasteiger charge is -2.25. The van der Waals surface area contributed by atoms with Crippen LogP contribution < -0.4 is 15.0 Å². The summed E-state index contributed by atoms with van der Waals surface area (Å²) in [4.78, 5) is 14.4. The molecule has 0 unspecified atom stereocenters. The van der Waals surface area contributed by atoms with Gasteiger partial charge in [-0.1, -0.05) is 23.7 Å². The molecule has 0 radical (unpaired) electrons. The van der Waals surface area contributed by atoms with Crippen molar-refractivity contribution in [3.05, 3.63) is 59.1 Å². The highest BCUT2D eigenvalue weighted by Crippen LogP contribution is 2.21. The molecule has 0 saturated carbocycles. The van der Waals surface area contributed by atoms with Gasteiger partial charge in [0.25, 0.3) is 5.91 Å². The molecule has 1 amide bonds. The Balaban J connectivity index is 1.93. The highest BCUT2D eigenvalue weighted by Gasteiger charge is 2.29. The summed E-state index contributed by atoms with van der Waals surface area (Å²) in [7, 11) is 3.99. The molecule has 2 aromatic rings. The van der Waals surface area contributed by atoms with Crippen LogP contribution in [0.25, 0.3) is 0 Å². The van der Waals surface area contributed by atoms with Gasteiger partial charge in [0.2, 0.25) is 0 Å². The summed E-state index contributed by atoms with van der Waals surface area (Å²) < 4.78 is 5.78. The van der Waals surface area contributed by atoms with E-state index in [2.05, 4.69) is 5.32 Å². The number of carbonyl (C=O) groups excluding carboxylic acids is 1. The molecule has 0 aliphatic heterocycles. The summed E-state index contributed by atoms with van der Waals surface area (Å²) >= 11 is 5.86. The van der Waals surface area contributed by atoms with Gasteiger partial charge >= 0.3 is 0 Å². The van der Waals surface area contributed by atoms with Gasteiger partial charge < -0.3 is 15.0 Å². The number of nitrogens with one attached hydrogen (secondary N) is 1. The number of hydrogen-bond donors (Lipinski definition) is 1. The van der Waals surface area contributed by atoms with E-state index in [-0.39, 0.29) is 5.91 Å². The third kappa shape index (κ3) is 4.90. The molecule has 2 aromatic carbocycles. The van der Waals surface area contributed by atoms with E-state index in [1.165, 1.54) is 0 Å². The number of hydrogen-bond acceptors (Lipinski definition) is 3. The second-order valence-corrected chi connectivity index (χ2v) is 6.75. The first-order valence-electron chi connectivity index (χ1n) is 7.77. The fourth-order valence-electron chi connectivity index (χ4n) is 2.15. The molecule has 0 aliphatic rings. The first kappa shape index (κ1) is 18.1. The van der Waals surface area contributed by atoms with Crippen LogP contribution in [0.5, 0.6) is 5.75 Å². The third-order valence-corrected chi connectivity index (χ3v) is 3.89. The first-order valence-corrected chi connectivity index (χ1v) is 8.15. The maximum atomic E-state index is 12.4. The maximum Gasteiger partial charge on any atom is 0.263 e. The molecule has 0 saturated heterocycles. The van der Waals surface area contributed by atoms with Crippen molar-refractivity contribution in [2.75, 3.05) is 19.0 Å². The molecule has 1 N–H and O–H groups in total. The summed E-state index contributed by atoms with van der Waals surface area (Å²) in [6.07, 6.45) is 0. The molecule has 4 nitrogen and oxygen atoms in total. The highest BCUT2D eigenvalue weighted by molar-refractivity contribution is 6.30. The molecule has 0 fully saturated rings. The van der Waals surface area contributed by atoms with E-state index in [9.17, 15) is 4.79 Å². The summed E-state index contributed by atoms with van der Waals surface area (Å²) in [5, 5.41) is 3.55. The molecule has 2 rings (SSSR count). The Kier molecular flexibility index (Phi) is 5.73. The van der Waals surface area contributed by atoms with Gasteiger partial charge in [0.15, 0.2) is 5.60 Å². The Morgan fingerprint density at radius 1 is 1.08 bits per heavy atom. The molecule has 0 aromatic heterocycles. The summed E-state index contributed by atoms with van der Waals surface area (Å²) in [5.74, 6) is 0.434. The summed E-state index contributed by atoms with van der Waals surface area (Å²) in [6, 6.07) is 15.0. The fraction of sp³-hybridized carbons (Fsp3) is 0.316. The Morgan fingerprint density at radius 2 is 1.67 bits per heavy atom. The Hall–Kier alpha value is -2.20. The smallest absolute Gasteiger partial charge is 0.263 e. The molecule has 0 spiro atoms. The van der Waals surface area contributed by atoms with Crippen LogP contribution in [-0.2, 0) is 11.3 Å². The standard InChI is InChI=1S/C19H23ClN2O2/c1-19(2,24-17-11-7-15(20)8-12-17)18(23)21-13-14-5-9-16(10-6-14)22(3)4/h5-12H,13H2,1-4H3,(H,21,23).